The maximum Gasteiger partial charge on any atom is 0.333 e. The fourth-order valence-electron chi connectivity index (χ4n) is 1.70. The third kappa shape index (κ3) is 3.00. The third-order valence-corrected chi connectivity index (χ3v) is 3.05. The minimum absolute atomic E-state index is 0.0879. The largest absolute Gasteiger partial charge is 0.360 e. The molecule has 0 aliphatic heterocycles. The van der Waals surface area contributed by atoms with E-state index >= 15 is 0 Å². The fourth-order valence-corrected chi connectivity index (χ4v) is 1.70. The molecular formula is C12H22N4O2. The van der Waals surface area contributed by atoms with Crippen LogP contribution in [0.4, 0.5) is 11.5 Å². The number of nitrogens with one attached hydrogen (secondary N) is 1. The van der Waals surface area contributed by atoms with Crippen LogP contribution in [0.2, 0.25) is 0 Å². The summed E-state index contributed by atoms with van der Waals surface area (Å²) >= 11 is 0. The first kappa shape index (κ1) is 14.5. The molecule has 102 valence electrons. The topological polar surface area (TPSA) is 73.0 Å². The van der Waals surface area contributed by atoms with Crippen molar-refractivity contribution >= 4 is 11.5 Å². The van der Waals surface area contributed by atoms with Gasteiger partial charge in [-0.1, -0.05) is 13.8 Å². The molecule has 1 rings (SSSR count). The number of anilines is 1. The van der Waals surface area contributed by atoms with Crippen LogP contribution >= 0.6 is 0 Å². The number of hydrogen-bond donors (Lipinski definition) is 1. The van der Waals surface area contributed by atoms with E-state index < -0.39 is 0 Å². The molecule has 18 heavy (non-hydrogen) atoms. The Bertz CT molecular complexity index is 438. The van der Waals surface area contributed by atoms with E-state index in [0.717, 1.165) is 12.8 Å². The molecule has 1 N–H and O–H groups in total. The molecule has 0 fully saturated rings. The van der Waals surface area contributed by atoms with Crippen molar-refractivity contribution in [3.05, 3.63) is 15.8 Å². The van der Waals surface area contributed by atoms with Gasteiger partial charge in [0.15, 0.2) is 0 Å². The summed E-state index contributed by atoms with van der Waals surface area (Å²) in [6, 6.07) is 0. The molecule has 0 bridgehead atoms. The van der Waals surface area contributed by atoms with E-state index in [1.54, 1.807) is 11.6 Å². The zero-order valence-electron chi connectivity index (χ0n) is 11.8. The Morgan fingerprint density at radius 1 is 1.44 bits per heavy atom. The molecule has 0 aliphatic carbocycles. The van der Waals surface area contributed by atoms with Crippen LogP contribution in [-0.4, -0.2) is 20.2 Å². The Morgan fingerprint density at radius 3 is 2.50 bits per heavy atom. The van der Waals surface area contributed by atoms with Gasteiger partial charge >= 0.3 is 5.69 Å². The first-order valence-electron chi connectivity index (χ1n) is 6.32. The van der Waals surface area contributed by atoms with Gasteiger partial charge in [0.25, 0.3) is 0 Å². The van der Waals surface area contributed by atoms with Gasteiger partial charge in [-0.2, -0.15) is 5.10 Å². The summed E-state index contributed by atoms with van der Waals surface area (Å²) in [5.74, 6) is 0.520. The molecule has 0 aliphatic rings. The summed E-state index contributed by atoms with van der Waals surface area (Å²) in [4.78, 5) is 10.8. The Morgan fingerprint density at radius 2 is 2.06 bits per heavy atom. The van der Waals surface area contributed by atoms with Crippen molar-refractivity contribution in [1.82, 2.24) is 9.78 Å². The molecule has 0 spiro atoms. The average Bonchev–Trinajstić information content (AvgIpc) is 2.55. The van der Waals surface area contributed by atoms with Crippen molar-refractivity contribution in [3.8, 4) is 0 Å². The van der Waals surface area contributed by atoms with Gasteiger partial charge in [-0.05, 0) is 33.6 Å². The minimum Gasteiger partial charge on any atom is -0.360 e. The third-order valence-electron chi connectivity index (χ3n) is 3.05. The Hall–Kier alpha value is -1.59. The van der Waals surface area contributed by atoms with Gasteiger partial charge in [-0.3, -0.25) is 10.1 Å². The van der Waals surface area contributed by atoms with Crippen LogP contribution in [0.1, 0.15) is 46.2 Å². The molecule has 0 aromatic carbocycles. The molecule has 0 saturated carbocycles. The van der Waals surface area contributed by atoms with Crippen LogP contribution in [0, 0.1) is 17.0 Å². The lowest BCUT2D eigenvalue weighted by Crippen LogP contribution is -2.31. The summed E-state index contributed by atoms with van der Waals surface area (Å²) in [6.45, 7) is 10.5. The number of nitro groups is 1. The van der Waals surface area contributed by atoms with Crippen LogP contribution in [0.5, 0.6) is 0 Å². The highest BCUT2D eigenvalue weighted by molar-refractivity contribution is 5.60. The minimum atomic E-state index is -0.359. The number of aromatic nitrogens is 2. The highest BCUT2D eigenvalue weighted by Gasteiger charge is 2.28. The van der Waals surface area contributed by atoms with Gasteiger partial charge in [-0.15, -0.1) is 0 Å². The molecule has 0 amide bonds. The summed E-state index contributed by atoms with van der Waals surface area (Å²) in [6.07, 6.45) is 1.76. The summed E-state index contributed by atoms with van der Waals surface area (Å²) in [5, 5.41) is 18.7. The van der Waals surface area contributed by atoms with Gasteiger partial charge in [0, 0.05) is 12.1 Å². The van der Waals surface area contributed by atoms with Crippen molar-refractivity contribution in [3.63, 3.8) is 0 Å². The van der Waals surface area contributed by atoms with Crippen molar-refractivity contribution in [2.75, 3.05) is 5.32 Å². The number of rotatable bonds is 6. The van der Waals surface area contributed by atoms with Gasteiger partial charge in [0.1, 0.15) is 5.69 Å². The Kier molecular flexibility index (Phi) is 4.32. The smallest absolute Gasteiger partial charge is 0.333 e. The quantitative estimate of drug-likeness (QED) is 0.625. The zero-order valence-corrected chi connectivity index (χ0v) is 11.8. The molecule has 0 radical (unpaired) electrons. The van der Waals surface area contributed by atoms with E-state index in [9.17, 15) is 10.1 Å². The molecule has 6 nitrogen and oxygen atoms in total. The number of aryl methyl sites for hydroxylation is 2. The lowest BCUT2D eigenvalue weighted by Gasteiger charge is -2.25. The Balaban J connectivity index is 3.23. The van der Waals surface area contributed by atoms with Crippen molar-refractivity contribution in [2.24, 2.45) is 0 Å². The maximum atomic E-state index is 11.1. The highest BCUT2D eigenvalue weighted by atomic mass is 16.6. The molecule has 0 saturated heterocycles. The van der Waals surface area contributed by atoms with E-state index in [1.807, 2.05) is 27.7 Å². The SMILES string of the molecule is CCCn1nc(C)c([N+](=O)[O-])c1NC(C)(C)CC. The van der Waals surface area contributed by atoms with E-state index in [1.165, 1.54) is 0 Å². The van der Waals surface area contributed by atoms with Crippen LogP contribution in [-0.2, 0) is 6.54 Å². The van der Waals surface area contributed by atoms with Crippen LogP contribution in [0.3, 0.4) is 0 Å². The van der Waals surface area contributed by atoms with E-state index in [0.29, 0.717) is 18.1 Å². The first-order chi connectivity index (χ1) is 8.32. The molecule has 1 aromatic heterocycles. The van der Waals surface area contributed by atoms with Gasteiger partial charge < -0.3 is 5.32 Å². The van der Waals surface area contributed by atoms with E-state index in [-0.39, 0.29) is 16.1 Å². The summed E-state index contributed by atoms with van der Waals surface area (Å²) in [5.41, 5.74) is 0.357. The fraction of sp³-hybridized carbons (Fsp3) is 0.750. The van der Waals surface area contributed by atoms with Gasteiger partial charge in [0.2, 0.25) is 5.82 Å². The normalized spacial score (nSPS) is 11.6. The lowest BCUT2D eigenvalue weighted by molar-refractivity contribution is -0.384. The van der Waals surface area contributed by atoms with Gasteiger partial charge in [0.05, 0.1) is 4.92 Å². The number of hydrogen-bond acceptors (Lipinski definition) is 4. The second-order valence-electron chi connectivity index (χ2n) is 5.13. The Labute approximate surface area is 108 Å². The monoisotopic (exact) mass is 254 g/mol. The average molecular weight is 254 g/mol. The summed E-state index contributed by atoms with van der Waals surface area (Å²) < 4.78 is 1.70. The molecule has 0 unspecified atom stereocenters. The standard InChI is InChI=1S/C12H22N4O2/c1-6-8-15-11(13-12(4,5)7-2)10(16(17)18)9(3)14-15/h13H,6-8H2,1-5H3. The van der Waals surface area contributed by atoms with E-state index in [2.05, 4.69) is 10.4 Å². The van der Waals surface area contributed by atoms with E-state index in [4.69, 9.17) is 0 Å². The lowest BCUT2D eigenvalue weighted by atomic mass is 10.0. The summed E-state index contributed by atoms with van der Waals surface area (Å²) in [7, 11) is 0. The van der Waals surface area contributed by atoms with Crippen molar-refractivity contribution in [1.29, 1.82) is 0 Å². The van der Waals surface area contributed by atoms with Crippen LogP contribution in [0.15, 0.2) is 0 Å². The van der Waals surface area contributed by atoms with Gasteiger partial charge in [-0.25, -0.2) is 4.68 Å². The predicted octanol–water partition coefficient (Wildman–Crippen LogP) is 3.11. The molecule has 0 atom stereocenters. The van der Waals surface area contributed by atoms with Crippen molar-refractivity contribution in [2.45, 2.75) is 59.5 Å². The molecule has 1 aromatic rings. The number of nitrogens with zero attached hydrogens (tertiary/aromatic N) is 3. The predicted molar refractivity (Wildman–Crippen MR) is 71.9 cm³/mol. The maximum absolute atomic E-state index is 11.1. The molecular weight excluding hydrogens is 232 g/mol. The van der Waals surface area contributed by atoms with Crippen LogP contribution < -0.4 is 5.32 Å². The highest BCUT2D eigenvalue weighted by Crippen LogP contribution is 2.31. The molecule has 6 heteroatoms. The zero-order chi connectivity index (χ0) is 13.9. The van der Waals surface area contributed by atoms with Crippen molar-refractivity contribution < 1.29 is 4.92 Å². The van der Waals surface area contributed by atoms with Crippen LogP contribution in [0.25, 0.3) is 0 Å². The second kappa shape index (κ2) is 5.37. The molecule has 1 heterocycles. The second-order valence-corrected chi connectivity index (χ2v) is 5.13. The first-order valence-corrected chi connectivity index (χ1v) is 6.32.